The molecule has 0 bridgehead atoms. The minimum absolute atomic E-state index is 0.132. The van der Waals surface area contributed by atoms with Crippen LogP contribution in [0.25, 0.3) is 0 Å². The number of oxime groups is 1. The van der Waals surface area contributed by atoms with Gasteiger partial charge in [0.25, 0.3) is 0 Å². The average molecular weight is 307 g/mol. The maximum absolute atomic E-state index is 8.86. The van der Waals surface area contributed by atoms with Gasteiger partial charge in [-0.2, -0.15) is 0 Å². The number of halogens is 1. The van der Waals surface area contributed by atoms with Crippen molar-refractivity contribution >= 4 is 29.2 Å². The molecule has 0 amide bonds. The van der Waals surface area contributed by atoms with Crippen molar-refractivity contribution in [2.75, 3.05) is 0 Å². The number of hydrogen-bond acceptors (Lipinski definition) is 3. The van der Waals surface area contributed by atoms with Crippen molar-refractivity contribution in [1.82, 2.24) is 0 Å². The van der Waals surface area contributed by atoms with E-state index in [2.05, 4.69) is 5.16 Å². The Morgan fingerprint density at radius 1 is 1.25 bits per heavy atom. The summed E-state index contributed by atoms with van der Waals surface area (Å²) in [6.07, 6.45) is 0. The van der Waals surface area contributed by atoms with Crippen molar-refractivity contribution in [3.63, 3.8) is 0 Å². The third kappa shape index (κ3) is 3.68. The average Bonchev–Trinajstić information content (AvgIpc) is 2.46. The fraction of sp³-hybridized carbons (Fsp3) is 0.133. The Kier molecular flexibility index (Phi) is 4.93. The SMILES string of the molecule is Cc1ccc(SCc2ccc(Cl)cc2)c(/C(N)=N/O)c1. The van der Waals surface area contributed by atoms with Crippen molar-refractivity contribution in [2.45, 2.75) is 17.6 Å². The molecule has 0 atom stereocenters. The third-order valence-electron chi connectivity index (χ3n) is 2.83. The highest BCUT2D eigenvalue weighted by atomic mass is 35.5. The van der Waals surface area contributed by atoms with Crippen molar-refractivity contribution in [3.8, 4) is 0 Å². The van der Waals surface area contributed by atoms with E-state index in [4.69, 9.17) is 22.5 Å². The first-order chi connectivity index (χ1) is 9.60. The van der Waals surface area contributed by atoms with Crippen LogP contribution < -0.4 is 5.73 Å². The minimum Gasteiger partial charge on any atom is -0.409 e. The lowest BCUT2D eigenvalue weighted by atomic mass is 10.1. The van der Waals surface area contributed by atoms with E-state index in [0.717, 1.165) is 26.8 Å². The largest absolute Gasteiger partial charge is 0.409 e. The fourth-order valence-electron chi connectivity index (χ4n) is 1.77. The quantitative estimate of drug-likeness (QED) is 0.295. The molecule has 3 nitrogen and oxygen atoms in total. The number of rotatable bonds is 4. The van der Waals surface area contributed by atoms with Gasteiger partial charge in [0.2, 0.25) is 0 Å². The Labute approximate surface area is 127 Å². The first kappa shape index (κ1) is 14.8. The summed E-state index contributed by atoms with van der Waals surface area (Å²) in [5.74, 6) is 0.929. The molecule has 0 saturated carbocycles. The Hall–Kier alpha value is -1.65. The zero-order valence-corrected chi connectivity index (χ0v) is 12.6. The van der Waals surface area contributed by atoms with Crippen molar-refractivity contribution < 1.29 is 5.21 Å². The Morgan fingerprint density at radius 3 is 2.60 bits per heavy atom. The van der Waals surface area contributed by atoms with Gasteiger partial charge in [-0.3, -0.25) is 0 Å². The van der Waals surface area contributed by atoms with Crippen LogP contribution in [0.1, 0.15) is 16.7 Å². The molecule has 0 radical (unpaired) electrons. The molecule has 0 heterocycles. The van der Waals surface area contributed by atoms with Gasteiger partial charge >= 0.3 is 0 Å². The summed E-state index contributed by atoms with van der Waals surface area (Å²) in [5.41, 5.74) is 8.72. The highest BCUT2D eigenvalue weighted by Gasteiger charge is 2.08. The lowest BCUT2D eigenvalue weighted by Crippen LogP contribution is -2.14. The number of nitrogens with zero attached hydrogens (tertiary/aromatic N) is 1. The second-order valence-electron chi connectivity index (χ2n) is 4.40. The van der Waals surface area contributed by atoms with E-state index in [1.807, 2.05) is 49.4 Å². The van der Waals surface area contributed by atoms with Crippen LogP contribution in [0.15, 0.2) is 52.5 Å². The van der Waals surface area contributed by atoms with Gasteiger partial charge in [0, 0.05) is 21.2 Å². The van der Waals surface area contributed by atoms with Gasteiger partial charge in [-0.25, -0.2) is 0 Å². The van der Waals surface area contributed by atoms with Crippen LogP contribution in [0.2, 0.25) is 5.02 Å². The Morgan fingerprint density at radius 2 is 1.95 bits per heavy atom. The molecular weight excluding hydrogens is 292 g/mol. The molecule has 104 valence electrons. The molecule has 2 aromatic rings. The van der Waals surface area contributed by atoms with E-state index >= 15 is 0 Å². The van der Waals surface area contributed by atoms with E-state index < -0.39 is 0 Å². The van der Waals surface area contributed by atoms with E-state index in [0.29, 0.717) is 0 Å². The number of thioether (sulfide) groups is 1. The van der Waals surface area contributed by atoms with Crippen molar-refractivity contribution in [3.05, 3.63) is 64.2 Å². The van der Waals surface area contributed by atoms with E-state index in [1.165, 1.54) is 5.56 Å². The van der Waals surface area contributed by atoms with Crippen LogP contribution >= 0.6 is 23.4 Å². The van der Waals surface area contributed by atoms with Crippen LogP contribution in [0.4, 0.5) is 0 Å². The monoisotopic (exact) mass is 306 g/mol. The Bertz CT molecular complexity index is 626. The van der Waals surface area contributed by atoms with E-state index in [9.17, 15) is 0 Å². The molecule has 0 aliphatic carbocycles. The van der Waals surface area contributed by atoms with Crippen LogP contribution in [-0.4, -0.2) is 11.0 Å². The predicted molar refractivity (Wildman–Crippen MR) is 84.7 cm³/mol. The van der Waals surface area contributed by atoms with E-state index in [1.54, 1.807) is 11.8 Å². The topological polar surface area (TPSA) is 58.6 Å². The second kappa shape index (κ2) is 6.68. The molecule has 0 saturated heterocycles. The summed E-state index contributed by atoms with van der Waals surface area (Å²) in [6.45, 7) is 1.97. The molecule has 0 aliphatic heterocycles. The van der Waals surface area contributed by atoms with Gasteiger partial charge in [-0.05, 0) is 36.8 Å². The zero-order valence-electron chi connectivity index (χ0n) is 11.0. The second-order valence-corrected chi connectivity index (χ2v) is 5.85. The summed E-state index contributed by atoms with van der Waals surface area (Å²) in [7, 11) is 0. The van der Waals surface area contributed by atoms with Crippen LogP contribution in [0.5, 0.6) is 0 Å². The van der Waals surface area contributed by atoms with Crippen LogP contribution in [-0.2, 0) is 5.75 Å². The molecule has 2 rings (SSSR count). The number of nitrogens with two attached hydrogens (primary N) is 1. The van der Waals surface area contributed by atoms with Crippen LogP contribution in [0, 0.1) is 6.92 Å². The molecule has 0 spiro atoms. The maximum Gasteiger partial charge on any atom is 0.171 e. The molecule has 0 unspecified atom stereocenters. The summed E-state index contributed by atoms with van der Waals surface area (Å²) < 4.78 is 0. The lowest BCUT2D eigenvalue weighted by Gasteiger charge is -2.09. The first-order valence-electron chi connectivity index (χ1n) is 6.06. The normalized spacial score (nSPS) is 11.6. The number of hydrogen-bond donors (Lipinski definition) is 2. The molecule has 0 fully saturated rings. The van der Waals surface area contributed by atoms with E-state index in [-0.39, 0.29) is 5.84 Å². The van der Waals surface area contributed by atoms with Crippen molar-refractivity contribution in [1.29, 1.82) is 0 Å². The summed E-state index contributed by atoms with van der Waals surface area (Å²) in [5, 5.41) is 12.7. The highest BCUT2D eigenvalue weighted by Crippen LogP contribution is 2.27. The number of benzene rings is 2. The van der Waals surface area contributed by atoms with Gasteiger partial charge in [0.1, 0.15) is 0 Å². The smallest absolute Gasteiger partial charge is 0.171 e. The van der Waals surface area contributed by atoms with Gasteiger partial charge < -0.3 is 10.9 Å². The first-order valence-corrected chi connectivity index (χ1v) is 7.42. The fourth-order valence-corrected chi connectivity index (χ4v) is 2.89. The molecule has 3 N–H and O–H groups in total. The third-order valence-corrected chi connectivity index (χ3v) is 4.22. The molecule has 5 heteroatoms. The molecule has 0 aromatic heterocycles. The molecule has 20 heavy (non-hydrogen) atoms. The van der Waals surface area contributed by atoms with Gasteiger partial charge in [0.05, 0.1) is 0 Å². The minimum atomic E-state index is 0.132. The van der Waals surface area contributed by atoms with Crippen molar-refractivity contribution in [2.24, 2.45) is 10.9 Å². The molecule has 0 aliphatic rings. The summed E-state index contributed by atoms with van der Waals surface area (Å²) in [6, 6.07) is 13.6. The summed E-state index contributed by atoms with van der Waals surface area (Å²) >= 11 is 7.51. The predicted octanol–water partition coefficient (Wildman–Crippen LogP) is 4.04. The molecule has 2 aromatic carbocycles. The Balaban J connectivity index is 2.19. The number of aryl methyl sites for hydroxylation is 1. The van der Waals surface area contributed by atoms with Gasteiger partial charge in [-0.15, -0.1) is 11.8 Å². The van der Waals surface area contributed by atoms with Gasteiger partial charge in [0.15, 0.2) is 5.84 Å². The highest BCUT2D eigenvalue weighted by molar-refractivity contribution is 7.98. The lowest BCUT2D eigenvalue weighted by molar-refractivity contribution is 0.318. The van der Waals surface area contributed by atoms with Crippen LogP contribution in [0.3, 0.4) is 0 Å². The standard InChI is InChI=1S/C15H15ClN2OS/c1-10-2-7-14(13(8-10)15(17)18-19)20-9-11-3-5-12(16)6-4-11/h2-8,19H,9H2,1H3,(H2,17,18). The maximum atomic E-state index is 8.86. The van der Waals surface area contributed by atoms with Gasteiger partial charge in [-0.1, -0.05) is 40.5 Å². The summed E-state index contributed by atoms with van der Waals surface area (Å²) in [4.78, 5) is 0.987. The number of amidine groups is 1. The molecular formula is C15H15ClN2OS. The zero-order chi connectivity index (χ0) is 14.5.